The molecule has 0 saturated heterocycles. The zero-order valence-corrected chi connectivity index (χ0v) is 10.5. The molecule has 2 N–H and O–H groups in total. The van der Waals surface area contributed by atoms with Crippen LogP contribution < -0.4 is 10.1 Å². The molecule has 1 aromatic carbocycles. The molecule has 0 heterocycles. The molecule has 0 aliphatic rings. The Morgan fingerprint density at radius 3 is 2.44 bits per heavy atom. The maximum atomic E-state index is 5.13. The molecular formula is C14H24NO+. The van der Waals surface area contributed by atoms with E-state index in [2.05, 4.69) is 24.4 Å². The standard InChI is InChI=1S/C14H23NO/c1-3-4-5-6-11-15-12-13-7-9-14(16-2)10-8-13/h7-10,15H,3-6,11-12H2,1-2H3/p+1. The van der Waals surface area contributed by atoms with Gasteiger partial charge in [-0.2, -0.15) is 0 Å². The Labute approximate surface area is 99.0 Å². The monoisotopic (exact) mass is 222 g/mol. The highest BCUT2D eigenvalue weighted by Gasteiger charge is 1.96. The van der Waals surface area contributed by atoms with Crippen LogP contribution in [0.5, 0.6) is 5.75 Å². The number of quaternary nitrogens is 1. The molecule has 0 spiro atoms. The molecule has 0 fully saturated rings. The topological polar surface area (TPSA) is 25.8 Å². The van der Waals surface area contributed by atoms with E-state index >= 15 is 0 Å². The lowest BCUT2D eigenvalue weighted by atomic mass is 10.2. The van der Waals surface area contributed by atoms with Crippen molar-refractivity contribution in [1.82, 2.24) is 0 Å². The van der Waals surface area contributed by atoms with Gasteiger partial charge in [0.25, 0.3) is 0 Å². The zero-order valence-electron chi connectivity index (χ0n) is 10.5. The summed E-state index contributed by atoms with van der Waals surface area (Å²) in [5, 5.41) is 2.39. The Hall–Kier alpha value is -1.02. The first-order valence-electron chi connectivity index (χ1n) is 6.31. The second-order valence-electron chi connectivity index (χ2n) is 4.19. The number of ether oxygens (including phenoxy) is 1. The highest BCUT2D eigenvalue weighted by molar-refractivity contribution is 5.26. The predicted molar refractivity (Wildman–Crippen MR) is 67.6 cm³/mol. The summed E-state index contributed by atoms with van der Waals surface area (Å²) in [5.41, 5.74) is 1.37. The van der Waals surface area contributed by atoms with Crippen LogP contribution in [0.2, 0.25) is 0 Å². The van der Waals surface area contributed by atoms with Gasteiger partial charge in [-0.3, -0.25) is 0 Å². The number of hydrogen-bond donors (Lipinski definition) is 1. The number of methoxy groups -OCH3 is 1. The van der Waals surface area contributed by atoms with E-state index in [4.69, 9.17) is 4.74 Å². The summed E-state index contributed by atoms with van der Waals surface area (Å²) in [5.74, 6) is 0.937. The first-order chi connectivity index (χ1) is 7.86. The molecule has 0 atom stereocenters. The van der Waals surface area contributed by atoms with Crippen molar-refractivity contribution >= 4 is 0 Å². The molecule has 16 heavy (non-hydrogen) atoms. The highest BCUT2D eigenvalue weighted by Crippen LogP contribution is 2.10. The van der Waals surface area contributed by atoms with E-state index in [0.717, 1.165) is 12.3 Å². The van der Waals surface area contributed by atoms with Crippen molar-refractivity contribution in [1.29, 1.82) is 0 Å². The SMILES string of the molecule is CCCCCC[NH2+]Cc1ccc(OC)cc1. The quantitative estimate of drug-likeness (QED) is 0.671. The van der Waals surface area contributed by atoms with Crippen LogP contribution in [0.25, 0.3) is 0 Å². The summed E-state index contributed by atoms with van der Waals surface area (Å²) in [4.78, 5) is 0. The van der Waals surface area contributed by atoms with Crippen molar-refractivity contribution in [3.63, 3.8) is 0 Å². The average Bonchev–Trinajstić information content (AvgIpc) is 2.34. The van der Waals surface area contributed by atoms with Gasteiger partial charge in [0.1, 0.15) is 12.3 Å². The number of rotatable bonds is 8. The molecule has 0 aliphatic heterocycles. The minimum Gasteiger partial charge on any atom is -0.497 e. The predicted octanol–water partition coefficient (Wildman–Crippen LogP) is 2.34. The van der Waals surface area contributed by atoms with Crippen LogP contribution in [0.3, 0.4) is 0 Å². The fraction of sp³-hybridized carbons (Fsp3) is 0.571. The maximum Gasteiger partial charge on any atom is 0.118 e. The summed E-state index contributed by atoms with van der Waals surface area (Å²) in [6.45, 7) is 4.57. The Bertz CT molecular complexity index is 269. The lowest BCUT2D eigenvalue weighted by Gasteiger charge is -2.03. The third-order valence-corrected chi connectivity index (χ3v) is 2.80. The van der Waals surface area contributed by atoms with Crippen molar-refractivity contribution in [2.24, 2.45) is 0 Å². The van der Waals surface area contributed by atoms with E-state index < -0.39 is 0 Å². The number of benzene rings is 1. The van der Waals surface area contributed by atoms with Gasteiger partial charge in [0.2, 0.25) is 0 Å². The normalized spacial score (nSPS) is 10.4. The molecular weight excluding hydrogens is 198 g/mol. The van der Waals surface area contributed by atoms with Gasteiger partial charge in [-0.05, 0) is 37.1 Å². The van der Waals surface area contributed by atoms with Crippen LogP contribution in [-0.4, -0.2) is 13.7 Å². The molecule has 0 radical (unpaired) electrons. The van der Waals surface area contributed by atoms with Gasteiger partial charge in [0.05, 0.1) is 13.7 Å². The van der Waals surface area contributed by atoms with Crippen LogP contribution in [-0.2, 0) is 6.54 Å². The van der Waals surface area contributed by atoms with Crippen LogP contribution in [0.4, 0.5) is 0 Å². The smallest absolute Gasteiger partial charge is 0.118 e. The minimum absolute atomic E-state index is 0.937. The number of unbranched alkanes of at least 4 members (excludes halogenated alkanes) is 3. The highest BCUT2D eigenvalue weighted by atomic mass is 16.5. The van der Waals surface area contributed by atoms with E-state index in [1.54, 1.807) is 7.11 Å². The van der Waals surface area contributed by atoms with Crippen molar-refractivity contribution in [3.8, 4) is 5.75 Å². The summed E-state index contributed by atoms with van der Waals surface area (Å²) < 4.78 is 5.13. The summed E-state index contributed by atoms with van der Waals surface area (Å²) in [7, 11) is 1.70. The van der Waals surface area contributed by atoms with Gasteiger partial charge in [-0.15, -0.1) is 0 Å². The zero-order chi connectivity index (χ0) is 11.6. The second-order valence-corrected chi connectivity index (χ2v) is 4.19. The van der Waals surface area contributed by atoms with Gasteiger partial charge in [0, 0.05) is 5.56 Å². The van der Waals surface area contributed by atoms with Gasteiger partial charge in [-0.25, -0.2) is 0 Å². The summed E-state index contributed by atoms with van der Waals surface area (Å²) in [6.07, 6.45) is 5.40. The number of nitrogens with two attached hydrogens (primary N) is 1. The van der Waals surface area contributed by atoms with E-state index in [0.29, 0.717) is 0 Å². The summed E-state index contributed by atoms with van der Waals surface area (Å²) >= 11 is 0. The molecule has 0 unspecified atom stereocenters. The van der Waals surface area contributed by atoms with E-state index in [9.17, 15) is 0 Å². The number of hydrogen-bond acceptors (Lipinski definition) is 1. The van der Waals surface area contributed by atoms with Crippen LogP contribution >= 0.6 is 0 Å². The lowest BCUT2D eigenvalue weighted by Crippen LogP contribution is -2.82. The molecule has 0 bridgehead atoms. The van der Waals surface area contributed by atoms with Gasteiger partial charge in [-0.1, -0.05) is 19.8 Å². The lowest BCUT2D eigenvalue weighted by molar-refractivity contribution is -0.671. The fourth-order valence-electron chi connectivity index (χ4n) is 1.75. The molecule has 0 aromatic heterocycles. The molecule has 0 saturated carbocycles. The summed E-state index contributed by atoms with van der Waals surface area (Å²) in [6, 6.07) is 8.34. The van der Waals surface area contributed by atoms with Crippen LogP contribution in [0, 0.1) is 0 Å². The van der Waals surface area contributed by atoms with E-state index in [1.807, 2.05) is 12.1 Å². The molecule has 0 amide bonds. The van der Waals surface area contributed by atoms with Gasteiger partial charge < -0.3 is 10.1 Å². The molecule has 2 heteroatoms. The molecule has 2 nitrogen and oxygen atoms in total. The second kappa shape index (κ2) is 8.17. The molecule has 1 rings (SSSR count). The Morgan fingerprint density at radius 1 is 1.06 bits per heavy atom. The molecule has 0 aliphatic carbocycles. The van der Waals surface area contributed by atoms with E-state index in [-0.39, 0.29) is 0 Å². The first-order valence-corrected chi connectivity index (χ1v) is 6.31. The Morgan fingerprint density at radius 2 is 1.81 bits per heavy atom. The van der Waals surface area contributed by atoms with Gasteiger partial charge >= 0.3 is 0 Å². The minimum atomic E-state index is 0.937. The largest absolute Gasteiger partial charge is 0.497 e. The van der Waals surface area contributed by atoms with Crippen LogP contribution in [0.15, 0.2) is 24.3 Å². The Kier molecular flexibility index (Phi) is 6.66. The van der Waals surface area contributed by atoms with Gasteiger partial charge in [0.15, 0.2) is 0 Å². The van der Waals surface area contributed by atoms with Crippen molar-refractivity contribution < 1.29 is 10.1 Å². The van der Waals surface area contributed by atoms with Crippen molar-refractivity contribution in [2.75, 3.05) is 13.7 Å². The third kappa shape index (κ3) is 5.17. The first kappa shape index (κ1) is 13.0. The van der Waals surface area contributed by atoms with Crippen molar-refractivity contribution in [3.05, 3.63) is 29.8 Å². The fourth-order valence-corrected chi connectivity index (χ4v) is 1.75. The Balaban J connectivity index is 2.12. The third-order valence-electron chi connectivity index (χ3n) is 2.80. The van der Waals surface area contributed by atoms with Crippen molar-refractivity contribution in [2.45, 2.75) is 39.2 Å². The van der Waals surface area contributed by atoms with Crippen LogP contribution in [0.1, 0.15) is 38.2 Å². The molecule has 1 aromatic rings. The maximum absolute atomic E-state index is 5.13. The average molecular weight is 222 g/mol. The molecule has 90 valence electrons. The van der Waals surface area contributed by atoms with E-state index in [1.165, 1.54) is 37.8 Å².